The first-order valence-corrected chi connectivity index (χ1v) is 6.21. The summed E-state index contributed by atoms with van der Waals surface area (Å²) in [5.74, 6) is -2.06. The fourth-order valence-electron chi connectivity index (χ4n) is 2.09. The minimum Gasteiger partial charge on any atom is -0.481 e. The van der Waals surface area contributed by atoms with Gasteiger partial charge >= 0.3 is 12.1 Å². The number of hydrogen-bond acceptors (Lipinski definition) is 5. The number of carbonyl (C=O) groups is 1. The minimum atomic E-state index is -4.42. The number of carboxylic acid groups (broad SMARTS) is 1. The Balaban J connectivity index is 1.98. The lowest BCUT2D eigenvalue weighted by molar-refractivity contribution is -0.177. The molecule has 0 saturated carbocycles. The number of alkyl halides is 3. The molecule has 0 bridgehead atoms. The van der Waals surface area contributed by atoms with Crippen molar-refractivity contribution < 1.29 is 32.3 Å². The van der Waals surface area contributed by atoms with E-state index in [1.54, 1.807) is 6.08 Å². The molecule has 0 saturated heterocycles. The fraction of sp³-hybridized carbons (Fsp3) is 0.583. The summed E-state index contributed by atoms with van der Waals surface area (Å²) < 4.78 is 45.2. The van der Waals surface area contributed by atoms with Gasteiger partial charge in [-0.3, -0.25) is 4.79 Å². The Morgan fingerprint density at radius 2 is 2.14 bits per heavy atom. The Morgan fingerprint density at radius 1 is 1.43 bits per heavy atom. The standard InChI is InChI=1S/C12H13F3N2O4/c13-12(14,15)6-20-5-9-16-10(21-17-9)7-3-1-2-4-8(7)11(18)19/h1-2,7-8H,3-6H2,(H,18,19)/t7-,8+/m1/s1. The smallest absolute Gasteiger partial charge is 0.411 e. The van der Waals surface area contributed by atoms with E-state index in [0.29, 0.717) is 12.8 Å². The van der Waals surface area contributed by atoms with Crippen molar-refractivity contribution in [1.82, 2.24) is 10.1 Å². The van der Waals surface area contributed by atoms with Gasteiger partial charge in [-0.1, -0.05) is 17.3 Å². The van der Waals surface area contributed by atoms with Crippen LogP contribution < -0.4 is 0 Å². The molecule has 0 aliphatic heterocycles. The van der Waals surface area contributed by atoms with Gasteiger partial charge in [0.1, 0.15) is 13.2 Å². The van der Waals surface area contributed by atoms with E-state index < -0.39 is 37.2 Å². The molecule has 0 unspecified atom stereocenters. The number of nitrogens with zero attached hydrogens (tertiary/aromatic N) is 2. The van der Waals surface area contributed by atoms with Gasteiger partial charge in [0.2, 0.25) is 5.89 Å². The van der Waals surface area contributed by atoms with Crippen LogP contribution in [0.5, 0.6) is 0 Å². The first-order chi connectivity index (χ1) is 9.87. The molecule has 0 amide bonds. The van der Waals surface area contributed by atoms with Crippen molar-refractivity contribution in [3.63, 3.8) is 0 Å². The molecule has 1 aromatic rings. The Morgan fingerprint density at radius 3 is 2.81 bits per heavy atom. The van der Waals surface area contributed by atoms with Gasteiger partial charge in [-0.25, -0.2) is 0 Å². The van der Waals surface area contributed by atoms with E-state index in [2.05, 4.69) is 14.9 Å². The van der Waals surface area contributed by atoms with E-state index in [1.165, 1.54) is 0 Å². The van der Waals surface area contributed by atoms with Gasteiger partial charge in [0.25, 0.3) is 0 Å². The highest BCUT2D eigenvalue weighted by Gasteiger charge is 2.34. The van der Waals surface area contributed by atoms with Crippen molar-refractivity contribution in [3.8, 4) is 0 Å². The number of aliphatic carboxylic acids is 1. The number of allylic oxidation sites excluding steroid dienone is 2. The van der Waals surface area contributed by atoms with Crippen LogP contribution in [0.2, 0.25) is 0 Å². The zero-order valence-corrected chi connectivity index (χ0v) is 10.8. The average Bonchev–Trinajstić information content (AvgIpc) is 2.86. The molecule has 2 atom stereocenters. The minimum absolute atomic E-state index is 0.0343. The van der Waals surface area contributed by atoms with E-state index in [9.17, 15) is 18.0 Å². The third-order valence-electron chi connectivity index (χ3n) is 3.05. The van der Waals surface area contributed by atoms with Crippen LogP contribution >= 0.6 is 0 Å². The highest BCUT2D eigenvalue weighted by molar-refractivity contribution is 5.71. The molecule has 0 aromatic carbocycles. The van der Waals surface area contributed by atoms with E-state index in [1.807, 2.05) is 6.08 Å². The van der Waals surface area contributed by atoms with Gasteiger partial charge in [0.15, 0.2) is 5.82 Å². The third kappa shape index (κ3) is 4.28. The normalized spacial score (nSPS) is 22.4. The van der Waals surface area contributed by atoms with Crippen LogP contribution in [0.1, 0.15) is 30.5 Å². The third-order valence-corrected chi connectivity index (χ3v) is 3.05. The molecule has 116 valence electrons. The molecule has 1 aliphatic rings. The van der Waals surface area contributed by atoms with E-state index in [4.69, 9.17) is 9.63 Å². The summed E-state index contributed by atoms with van der Waals surface area (Å²) in [6.07, 6.45) is -0.0629. The van der Waals surface area contributed by atoms with Gasteiger partial charge in [-0.2, -0.15) is 18.2 Å². The van der Waals surface area contributed by atoms with Crippen LogP contribution in [0.15, 0.2) is 16.7 Å². The molecule has 1 aromatic heterocycles. The van der Waals surface area contributed by atoms with Gasteiger partial charge in [-0.15, -0.1) is 0 Å². The maximum atomic E-state index is 11.9. The number of hydrogen-bond donors (Lipinski definition) is 1. The van der Waals surface area contributed by atoms with Crippen molar-refractivity contribution in [2.24, 2.45) is 5.92 Å². The van der Waals surface area contributed by atoms with E-state index >= 15 is 0 Å². The second-order valence-electron chi connectivity index (χ2n) is 4.65. The first-order valence-electron chi connectivity index (χ1n) is 6.21. The van der Waals surface area contributed by atoms with Gasteiger partial charge in [-0.05, 0) is 12.8 Å². The molecule has 0 spiro atoms. The maximum Gasteiger partial charge on any atom is 0.411 e. The van der Waals surface area contributed by atoms with Crippen LogP contribution in [0.4, 0.5) is 13.2 Å². The summed E-state index contributed by atoms with van der Waals surface area (Å²) in [5.41, 5.74) is 0. The van der Waals surface area contributed by atoms with Gasteiger partial charge in [0, 0.05) is 0 Å². The van der Waals surface area contributed by atoms with Crippen molar-refractivity contribution in [3.05, 3.63) is 23.9 Å². The monoisotopic (exact) mass is 306 g/mol. The SMILES string of the molecule is O=C(O)[C@H]1CC=CC[C@H]1c1nc(COCC(F)(F)F)no1. The molecule has 9 heteroatoms. The van der Waals surface area contributed by atoms with Gasteiger partial charge < -0.3 is 14.4 Å². The summed E-state index contributed by atoms with van der Waals surface area (Å²) in [6.45, 7) is -1.84. The molecular formula is C12H13F3N2O4. The van der Waals surface area contributed by atoms with Gasteiger partial charge in [0.05, 0.1) is 11.8 Å². The summed E-state index contributed by atoms with van der Waals surface area (Å²) in [7, 11) is 0. The van der Waals surface area contributed by atoms with Crippen LogP contribution in [0.25, 0.3) is 0 Å². The largest absolute Gasteiger partial charge is 0.481 e. The van der Waals surface area contributed by atoms with E-state index in [0.717, 1.165) is 0 Å². The predicted octanol–water partition coefficient (Wildman–Crippen LogP) is 2.28. The molecule has 6 nitrogen and oxygen atoms in total. The molecule has 1 aliphatic carbocycles. The Bertz CT molecular complexity index is 527. The molecule has 21 heavy (non-hydrogen) atoms. The summed E-state index contributed by atoms with van der Waals surface area (Å²) in [6, 6.07) is 0. The molecule has 0 fully saturated rings. The lowest BCUT2D eigenvalue weighted by atomic mass is 9.83. The topological polar surface area (TPSA) is 85.5 Å². The summed E-state index contributed by atoms with van der Waals surface area (Å²) in [4.78, 5) is 15.1. The number of halogens is 3. The lowest BCUT2D eigenvalue weighted by Gasteiger charge is -2.21. The summed E-state index contributed by atoms with van der Waals surface area (Å²) >= 11 is 0. The van der Waals surface area contributed by atoms with Crippen molar-refractivity contribution in [1.29, 1.82) is 0 Å². The number of carboxylic acids is 1. The van der Waals surface area contributed by atoms with Crippen molar-refractivity contribution in [2.45, 2.75) is 31.5 Å². The Labute approximate surface area is 117 Å². The summed E-state index contributed by atoms with van der Waals surface area (Å²) in [5, 5.41) is 12.6. The van der Waals surface area contributed by atoms with Crippen molar-refractivity contribution in [2.75, 3.05) is 6.61 Å². The van der Waals surface area contributed by atoms with Crippen LogP contribution in [0, 0.1) is 5.92 Å². The second kappa shape index (κ2) is 6.25. The number of aromatic nitrogens is 2. The highest BCUT2D eigenvalue weighted by atomic mass is 19.4. The van der Waals surface area contributed by atoms with Crippen LogP contribution in [0.3, 0.4) is 0 Å². The van der Waals surface area contributed by atoms with Crippen molar-refractivity contribution >= 4 is 5.97 Å². The molecular weight excluding hydrogens is 293 g/mol. The number of ether oxygens (including phenoxy) is 1. The molecule has 1 N–H and O–H groups in total. The highest BCUT2D eigenvalue weighted by Crippen LogP contribution is 2.33. The Kier molecular flexibility index (Phi) is 4.61. The number of rotatable bonds is 5. The molecule has 2 rings (SSSR count). The average molecular weight is 306 g/mol. The van der Waals surface area contributed by atoms with Crippen LogP contribution in [-0.2, 0) is 16.1 Å². The zero-order chi connectivity index (χ0) is 15.5. The Hall–Kier alpha value is -1.90. The van der Waals surface area contributed by atoms with E-state index in [-0.39, 0.29) is 11.7 Å². The quantitative estimate of drug-likeness (QED) is 0.840. The fourth-order valence-corrected chi connectivity index (χ4v) is 2.09. The molecule has 0 radical (unpaired) electrons. The second-order valence-corrected chi connectivity index (χ2v) is 4.65. The van der Waals surface area contributed by atoms with Crippen LogP contribution in [-0.4, -0.2) is 34.0 Å². The predicted molar refractivity (Wildman–Crippen MR) is 62.2 cm³/mol. The maximum absolute atomic E-state index is 11.9. The molecule has 1 heterocycles. The lowest BCUT2D eigenvalue weighted by Crippen LogP contribution is -2.23. The zero-order valence-electron chi connectivity index (χ0n) is 10.8. The first kappa shape index (κ1) is 15.5.